The smallest absolute Gasteiger partial charge is 0.218 e. The van der Waals surface area contributed by atoms with E-state index in [4.69, 9.17) is 4.43 Å². The van der Waals surface area contributed by atoms with Crippen LogP contribution in [0.5, 0.6) is 0 Å². The molecule has 94 valence electrons. The predicted molar refractivity (Wildman–Crippen MR) is 82.5 cm³/mol. The van der Waals surface area contributed by atoms with Gasteiger partial charge in [0, 0.05) is 4.47 Å². The van der Waals surface area contributed by atoms with Gasteiger partial charge in [-0.05, 0) is 36.0 Å². The van der Waals surface area contributed by atoms with Gasteiger partial charge in [-0.3, -0.25) is 0 Å². The van der Waals surface area contributed by atoms with E-state index in [-0.39, 0.29) is 0 Å². The zero-order valence-electron chi connectivity index (χ0n) is 10.7. The molecule has 3 heteroatoms. The summed E-state index contributed by atoms with van der Waals surface area (Å²) in [6.07, 6.45) is 0. The molecule has 0 saturated heterocycles. The topological polar surface area (TPSA) is 9.23 Å². The van der Waals surface area contributed by atoms with Gasteiger partial charge in [-0.25, -0.2) is 0 Å². The quantitative estimate of drug-likeness (QED) is 0.771. The van der Waals surface area contributed by atoms with Crippen molar-refractivity contribution >= 4 is 29.4 Å². The third-order valence-electron chi connectivity index (χ3n) is 2.98. The van der Waals surface area contributed by atoms with E-state index in [2.05, 4.69) is 77.6 Å². The molecule has 0 heterocycles. The van der Waals surface area contributed by atoms with Gasteiger partial charge in [0.25, 0.3) is 0 Å². The fourth-order valence-corrected chi connectivity index (χ4v) is 3.72. The molecule has 2 aromatic carbocycles. The van der Waals surface area contributed by atoms with Gasteiger partial charge in [0.1, 0.15) is 0 Å². The fourth-order valence-electron chi connectivity index (χ4n) is 1.77. The summed E-state index contributed by atoms with van der Waals surface area (Å²) >= 11 is 3.44. The van der Waals surface area contributed by atoms with Gasteiger partial charge in [0.15, 0.2) is 0 Å². The van der Waals surface area contributed by atoms with Crippen LogP contribution >= 0.6 is 15.9 Å². The maximum Gasteiger partial charge on any atom is 0.218 e. The van der Waals surface area contributed by atoms with Crippen molar-refractivity contribution in [2.45, 2.75) is 19.7 Å². The van der Waals surface area contributed by atoms with E-state index in [1.807, 2.05) is 6.07 Å². The zero-order valence-corrected chi connectivity index (χ0v) is 13.3. The van der Waals surface area contributed by atoms with E-state index in [9.17, 15) is 0 Å². The van der Waals surface area contributed by atoms with Crippen molar-refractivity contribution in [3.63, 3.8) is 0 Å². The second kappa shape index (κ2) is 5.82. The fraction of sp³-hybridized carbons (Fsp3) is 0.200. The summed E-state index contributed by atoms with van der Waals surface area (Å²) in [5.74, 6) is 0. The van der Waals surface area contributed by atoms with Crippen molar-refractivity contribution < 1.29 is 4.43 Å². The van der Waals surface area contributed by atoms with Crippen LogP contribution in [0, 0.1) is 0 Å². The van der Waals surface area contributed by atoms with Gasteiger partial charge in [-0.15, -0.1) is 0 Å². The summed E-state index contributed by atoms with van der Waals surface area (Å²) in [5.41, 5.74) is 1.22. The highest BCUT2D eigenvalue weighted by Gasteiger charge is 2.24. The number of hydrogen-bond acceptors (Lipinski definition) is 1. The minimum atomic E-state index is -1.79. The van der Waals surface area contributed by atoms with Crippen molar-refractivity contribution in [1.82, 2.24) is 0 Å². The molecule has 1 nitrogen and oxygen atoms in total. The maximum atomic E-state index is 6.17. The molecule has 0 aromatic heterocycles. The Morgan fingerprint density at radius 1 is 0.944 bits per heavy atom. The lowest BCUT2D eigenvalue weighted by Gasteiger charge is -2.23. The van der Waals surface area contributed by atoms with Crippen LogP contribution in [0.2, 0.25) is 13.1 Å². The molecule has 0 fully saturated rings. The normalized spacial score (nSPS) is 11.5. The van der Waals surface area contributed by atoms with Gasteiger partial charge in [-0.1, -0.05) is 58.4 Å². The van der Waals surface area contributed by atoms with Crippen molar-refractivity contribution in [3.8, 4) is 0 Å². The van der Waals surface area contributed by atoms with Gasteiger partial charge in [0.05, 0.1) is 6.61 Å². The first-order valence-corrected chi connectivity index (χ1v) is 9.72. The molecule has 0 saturated carbocycles. The molecule has 0 aliphatic rings. The highest BCUT2D eigenvalue weighted by molar-refractivity contribution is 9.10. The summed E-state index contributed by atoms with van der Waals surface area (Å²) < 4.78 is 7.27. The predicted octanol–water partition coefficient (Wildman–Crippen LogP) is 4.08. The molecule has 0 bridgehead atoms. The van der Waals surface area contributed by atoms with Crippen LogP contribution < -0.4 is 5.19 Å². The molecule has 0 spiro atoms. The van der Waals surface area contributed by atoms with Crippen LogP contribution in [-0.4, -0.2) is 8.32 Å². The lowest BCUT2D eigenvalue weighted by molar-refractivity contribution is 0.304. The number of rotatable bonds is 4. The molecule has 2 aromatic rings. The van der Waals surface area contributed by atoms with E-state index >= 15 is 0 Å². The van der Waals surface area contributed by atoms with E-state index < -0.39 is 8.32 Å². The second-order valence-electron chi connectivity index (χ2n) is 4.79. The third kappa shape index (κ3) is 3.54. The van der Waals surface area contributed by atoms with Gasteiger partial charge >= 0.3 is 0 Å². The largest absolute Gasteiger partial charge is 0.409 e. The first-order valence-electron chi connectivity index (χ1n) is 6.02. The van der Waals surface area contributed by atoms with Gasteiger partial charge < -0.3 is 4.43 Å². The van der Waals surface area contributed by atoms with Crippen LogP contribution in [0.1, 0.15) is 5.56 Å². The Morgan fingerprint density at radius 3 is 2.17 bits per heavy atom. The molecule has 0 amide bonds. The SMILES string of the molecule is C[Si](C)(OCc1ccc(Br)cc1)c1ccccc1. The van der Waals surface area contributed by atoms with Crippen LogP contribution in [-0.2, 0) is 11.0 Å². The lowest BCUT2D eigenvalue weighted by atomic mass is 10.2. The Kier molecular flexibility index (Phi) is 4.38. The highest BCUT2D eigenvalue weighted by Crippen LogP contribution is 2.14. The Balaban J connectivity index is 2.03. The second-order valence-corrected chi connectivity index (χ2v) is 9.59. The monoisotopic (exact) mass is 320 g/mol. The average Bonchev–Trinajstić information content (AvgIpc) is 2.39. The highest BCUT2D eigenvalue weighted by atomic mass is 79.9. The lowest BCUT2D eigenvalue weighted by Crippen LogP contribution is -2.44. The number of halogens is 1. The molecule has 2 rings (SSSR count). The van der Waals surface area contributed by atoms with Crippen LogP contribution in [0.25, 0.3) is 0 Å². The number of benzene rings is 2. The summed E-state index contributed by atoms with van der Waals surface area (Å²) in [4.78, 5) is 0. The Morgan fingerprint density at radius 2 is 1.56 bits per heavy atom. The molecule has 0 unspecified atom stereocenters. The molecule has 18 heavy (non-hydrogen) atoms. The standard InChI is InChI=1S/C15H17BrOSi/c1-18(2,15-6-4-3-5-7-15)17-12-13-8-10-14(16)11-9-13/h3-11H,12H2,1-2H3. The Hall–Kier alpha value is -0.903. The minimum absolute atomic E-state index is 0.682. The summed E-state index contributed by atoms with van der Waals surface area (Å²) in [5, 5.41) is 1.34. The van der Waals surface area contributed by atoms with Crippen molar-refractivity contribution in [2.75, 3.05) is 0 Å². The number of hydrogen-bond donors (Lipinski definition) is 0. The molecular formula is C15H17BrOSi. The molecule has 0 aliphatic carbocycles. The zero-order chi connectivity index (χ0) is 13.0. The first kappa shape index (κ1) is 13.5. The van der Waals surface area contributed by atoms with Gasteiger partial charge in [0.2, 0.25) is 8.32 Å². The Bertz CT molecular complexity index is 494. The minimum Gasteiger partial charge on any atom is -0.409 e. The first-order chi connectivity index (χ1) is 8.58. The third-order valence-corrected chi connectivity index (χ3v) is 6.10. The van der Waals surface area contributed by atoms with E-state index in [1.54, 1.807) is 0 Å². The van der Waals surface area contributed by atoms with Crippen LogP contribution in [0.15, 0.2) is 59.1 Å². The molecular weight excluding hydrogens is 304 g/mol. The van der Waals surface area contributed by atoms with Crippen molar-refractivity contribution in [2.24, 2.45) is 0 Å². The van der Waals surface area contributed by atoms with Gasteiger partial charge in [-0.2, -0.15) is 0 Å². The molecule has 0 atom stereocenters. The maximum absolute atomic E-state index is 6.17. The van der Waals surface area contributed by atoms with E-state index in [0.29, 0.717) is 6.61 Å². The van der Waals surface area contributed by atoms with Crippen LogP contribution in [0.3, 0.4) is 0 Å². The Labute approximate surface area is 118 Å². The van der Waals surface area contributed by atoms with Crippen molar-refractivity contribution in [1.29, 1.82) is 0 Å². The van der Waals surface area contributed by atoms with Crippen LogP contribution in [0.4, 0.5) is 0 Å². The summed E-state index contributed by atoms with van der Waals surface area (Å²) in [6, 6.07) is 18.8. The van der Waals surface area contributed by atoms with Crippen molar-refractivity contribution in [3.05, 3.63) is 64.6 Å². The molecule has 0 radical (unpaired) electrons. The molecule has 0 aliphatic heterocycles. The van der Waals surface area contributed by atoms with E-state index in [0.717, 1.165) is 4.47 Å². The van der Waals surface area contributed by atoms with E-state index in [1.165, 1.54) is 10.8 Å². The summed E-state index contributed by atoms with van der Waals surface area (Å²) in [7, 11) is -1.79. The average molecular weight is 321 g/mol. The summed E-state index contributed by atoms with van der Waals surface area (Å²) in [6.45, 7) is 5.16. The molecule has 0 N–H and O–H groups in total.